The molecule has 1 aliphatic heterocycles. The maximum Gasteiger partial charge on any atom is 0.150 e. The summed E-state index contributed by atoms with van der Waals surface area (Å²) in [5.74, 6) is 2.68. The van der Waals surface area contributed by atoms with Gasteiger partial charge in [-0.2, -0.15) is 0 Å². The van der Waals surface area contributed by atoms with Gasteiger partial charge in [0.1, 0.15) is 11.9 Å². The van der Waals surface area contributed by atoms with E-state index < -0.39 is 6.10 Å². The van der Waals surface area contributed by atoms with Gasteiger partial charge >= 0.3 is 0 Å². The Balaban J connectivity index is 1.38. The number of benzene rings is 1. The van der Waals surface area contributed by atoms with E-state index in [1.54, 1.807) is 6.07 Å². The van der Waals surface area contributed by atoms with Crippen LogP contribution in [0.25, 0.3) is 0 Å². The minimum Gasteiger partial charge on any atom is -0.488 e. The number of hydrogen-bond acceptors (Lipinski definition) is 5. The lowest BCUT2D eigenvalue weighted by Crippen LogP contribution is -2.42. The molecule has 0 bridgehead atoms. The predicted molar refractivity (Wildman–Crippen MR) is 94.6 cm³/mol. The Labute approximate surface area is 152 Å². The number of hydrogen-bond donors (Lipinski definition) is 1. The average molecular weight is 363 g/mol. The van der Waals surface area contributed by atoms with Crippen LogP contribution in [0.5, 0.6) is 5.75 Å². The summed E-state index contributed by atoms with van der Waals surface area (Å²) in [6, 6.07) is 9.36. The molecule has 1 aromatic heterocycles. The average Bonchev–Trinajstić information content (AvgIpc) is 3.13. The van der Waals surface area contributed by atoms with E-state index in [4.69, 9.17) is 20.9 Å². The molecule has 0 unspecified atom stereocenters. The normalized spacial score (nSPS) is 29.6. The van der Waals surface area contributed by atoms with Gasteiger partial charge in [0, 0.05) is 24.2 Å². The molecule has 6 heteroatoms. The van der Waals surface area contributed by atoms with Crippen LogP contribution < -0.4 is 4.74 Å². The Morgan fingerprint density at radius 3 is 2.80 bits per heavy atom. The number of aliphatic hydroxyl groups is 1. The number of halogens is 1. The van der Waals surface area contributed by atoms with Crippen LogP contribution >= 0.6 is 11.6 Å². The number of aromatic nitrogens is 1. The third-order valence-electron chi connectivity index (χ3n) is 5.30. The third-order valence-corrected chi connectivity index (χ3v) is 5.54. The zero-order valence-electron chi connectivity index (χ0n) is 14.3. The highest BCUT2D eigenvalue weighted by Crippen LogP contribution is 2.38. The van der Waals surface area contributed by atoms with Gasteiger partial charge in [-0.05, 0) is 49.8 Å². The number of aryl methyl sites for hydroxylation is 1. The highest BCUT2D eigenvalue weighted by atomic mass is 35.5. The smallest absolute Gasteiger partial charge is 0.150 e. The molecule has 0 spiro atoms. The zero-order chi connectivity index (χ0) is 17.4. The molecule has 2 aromatic rings. The third kappa shape index (κ3) is 3.84. The zero-order valence-corrected chi connectivity index (χ0v) is 15.0. The quantitative estimate of drug-likeness (QED) is 0.904. The van der Waals surface area contributed by atoms with Gasteiger partial charge in [-0.25, -0.2) is 0 Å². The largest absolute Gasteiger partial charge is 0.488 e. The molecule has 5 nitrogen and oxygen atoms in total. The highest BCUT2D eigenvalue weighted by Gasteiger charge is 2.42. The second kappa shape index (κ2) is 6.98. The van der Waals surface area contributed by atoms with Crippen molar-refractivity contribution in [2.75, 3.05) is 13.1 Å². The Hall–Kier alpha value is -1.56. The molecule has 4 atom stereocenters. The van der Waals surface area contributed by atoms with E-state index in [1.165, 1.54) is 0 Å². The van der Waals surface area contributed by atoms with Gasteiger partial charge in [0.2, 0.25) is 0 Å². The first kappa shape index (κ1) is 16.9. The second-order valence-electron chi connectivity index (χ2n) is 7.30. The number of fused-ring (bicyclic) bond motifs is 1. The molecule has 4 rings (SSSR count). The molecule has 1 saturated carbocycles. The van der Waals surface area contributed by atoms with Gasteiger partial charge in [0.25, 0.3) is 0 Å². The van der Waals surface area contributed by atoms with Crippen LogP contribution in [0.3, 0.4) is 0 Å². The first-order valence-electron chi connectivity index (χ1n) is 8.81. The molecule has 0 radical (unpaired) electrons. The maximum atomic E-state index is 10.5. The molecule has 2 heterocycles. The minimum absolute atomic E-state index is 0.174. The number of likely N-dealkylation sites (tertiary alicyclic amines) is 1. The van der Waals surface area contributed by atoms with Crippen molar-refractivity contribution in [2.24, 2.45) is 11.8 Å². The minimum atomic E-state index is -0.437. The lowest BCUT2D eigenvalue weighted by molar-refractivity contribution is -0.0231. The molecular weight excluding hydrogens is 340 g/mol. The summed E-state index contributed by atoms with van der Waals surface area (Å²) in [7, 11) is 0. The van der Waals surface area contributed by atoms with Crippen molar-refractivity contribution in [1.82, 2.24) is 10.1 Å². The van der Waals surface area contributed by atoms with Crippen molar-refractivity contribution in [1.29, 1.82) is 0 Å². The van der Waals surface area contributed by atoms with Crippen molar-refractivity contribution >= 4 is 11.6 Å². The van der Waals surface area contributed by atoms with Gasteiger partial charge in [-0.1, -0.05) is 22.8 Å². The van der Waals surface area contributed by atoms with Gasteiger partial charge in [-0.3, -0.25) is 4.90 Å². The fourth-order valence-corrected chi connectivity index (χ4v) is 4.35. The van der Waals surface area contributed by atoms with Crippen LogP contribution in [0.15, 0.2) is 34.9 Å². The Kier molecular flexibility index (Phi) is 4.71. The lowest BCUT2D eigenvalue weighted by Gasteiger charge is -2.35. The summed E-state index contributed by atoms with van der Waals surface area (Å²) in [5.41, 5.74) is 0.914. The topological polar surface area (TPSA) is 58.7 Å². The van der Waals surface area contributed by atoms with Crippen molar-refractivity contribution in [3.05, 3.63) is 46.8 Å². The standard InChI is InChI=1S/C19H23ClN2O3/c1-12-5-17(25-21-12)11-22-9-13-6-18(23)19(7-14(13)10-22)24-16-4-2-3-15(20)8-16/h2-5,8,13-14,18-19,23H,6-7,9-11H2,1H3/t13-,14+,18+,19+/m0/s1. The van der Waals surface area contributed by atoms with Crippen molar-refractivity contribution in [3.8, 4) is 5.75 Å². The summed E-state index contributed by atoms with van der Waals surface area (Å²) in [5, 5.41) is 15.1. The van der Waals surface area contributed by atoms with Crippen LogP contribution in [-0.4, -0.2) is 40.5 Å². The highest BCUT2D eigenvalue weighted by molar-refractivity contribution is 6.30. The van der Waals surface area contributed by atoms with Crippen molar-refractivity contribution in [2.45, 2.75) is 38.5 Å². The molecule has 1 aromatic carbocycles. The van der Waals surface area contributed by atoms with Crippen molar-refractivity contribution < 1.29 is 14.4 Å². The van der Waals surface area contributed by atoms with Crippen LogP contribution in [0, 0.1) is 18.8 Å². The van der Waals surface area contributed by atoms with E-state index in [1.807, 2.05) is 31.2 Å². The number of rotatable bonds is 4. The fraction of sp³-hybridized carbons (Fsp3) is 0.526. The molecule has 1 aliphatic carbocycles. The molecular formula is C19H23ClN2O3. The van der Waals surface area contributed by atoms with E-state index in [2.05, 4.69) is 10.1 Å². The van der Waals surface area contributed by atoms with Crippen LogP contribution in [0.4, 0.5) is 0 Å². The van der Waals surface area contributed by atoms with Crippen molar-refractivity contribution in [3.63, 3.8) is 0 Å². The van der Waals surface area contributed by atoms with E-state index in [0.29, 0.717) is 16.9 Å². The predicted octanol–water partition coefficient (Wildman–Crippen LogP) is 3.29. The fourth-order valence-electron chi connectivity index (χ4n) is 4.17. The number of aliphatic hydroxyl groups excluding tert-OH is 1. The summed E-state index contributed by atoms with van der Waals surface area (Å²) in [4.78, 5) is 2.39. The van der Waals surface area contributed by atoms with E-state index in [9.17, 15) is 5.11 Å². The molecule has 25 heavy (non-hydrogen) atoms. The second-order valence-corrected chi connectivity index (χ2v) is 7.74. The summed E-state index contributed by atoms with van der Waals surface area (Å²) >= 11 is 6.02. The monoisotopic (exact) mass is 362 g/mol. The SMILES string of the molecule is Cc1cc(CN2C[C@H]3C[C@@H](Oc4cccc(Cl)c4)[C@H](O)C[C@H]3C2)on1. The number of nitrogens with zero attached hydrogens (tertiary/aromatic N) is 2. The number of ether oxygens (including phenoxy) is 1. The summed E-state index contributed by atoms with van der Waals surface area (Å²) in [6.07, 6.45) is 1.03. The summed E-state index contributed by atoms with van der Waals surface area (Å²) < 4.78 is 11.4. The van der Waals surface area contributed by atoms with Gasteiger partial charge in [-0.15, -0.1) is 0 Å². The van der Waals surface area contributed by atoms with Gasteiger partial charge < -0.3 is 14.4 Å². The first-order chi connectivity index (χ1) is 12.1. The Morgan fingerprint density at radius 2 is 2.08 bits per heavy atom. The molecule has 134 valence electrons. The Bertz CT molecular complexity index is 735. The van der Waals surface area contributed by atoms with E-state index in [-0.39, 0.29) is 6.10 Å². The van der Waals surface area contributed by atoms with Crippen LogP contribution in [-0.2, 0) is 6.54 Å². The molecule has 1 saturated heterocycles. The maximum absolute atomic E-state index is 10.5. The van der Waals surface area contributed by atoms with Crippen LogP contribution in [0.2, 0.25) is 5.02 Å². The van der Waals surface area contributed by atoms with Gasteiger partial charge in [0.05, 0.1) is 18.3 Å². The molecule has 2 aliphatic rings. The van der Waals surface area contributed by atoms with E-state index in [0.717, 1.165) is 49.7 Å². The lowest BCUT2D eigenvalue weighted by atomic mass is 9.78. The van der Waals surface area contributed by atoms with E-state index >= 15 is 0 Å². The Morgan fingerprint density at radius 1 is 1.28 bits per heavy atom. The van der Waals surface area contributed by atoms with Crippen LogP contribution in [0.1, 0.15) is 24.3 Å². The van der Waals surface area contributed by atoms with Gasteiger partial charge in [0.15, 0.2) is 5.76 Å². The molecule has 2 fully saturated rings. The first-order valence-corrected chi connectivity index (χ1v) is 9.19. The molecule has 0 amide bonds. The molecule has 1 N–H and O–H groups in total. The summed E-state index contributed by atoms with van der Waals surface area (Å²) in [6.45, 7) is 4.71.